The smallest absolute Gasteiger partial charge is 0.383 e. The van der Waals surface area contributed by atoms with Gasteiger partial charge in [0.1, 0.15) is 6.04 Å². The summed E-state index contributed by atoms with van der Waals surface area (Å²) in [5.41, 5.74) is 4.76. The fourth-order valence-corrected chi connectivity index (χ4v) is 0.648. The Balaban J connectivity index is 3.62. The van der Waals surface area contributed by atoms with Crippen LogP contribution in [0.3, 0.4) is 0 Å². The number of ether oxygens (including phenoxy) is 1. The van der Waals surface area contributed by atoms with Crippen LogP contribution in [0.4, 0.5) is 18.0 Å². The number of alkyl halides is 3. The van der Waals surface area contributed by atoms with Gasteiger partial charge in [-0.2, -0.15) is 13.2 Å². The van der Waals surface area contributed by atoms with Crippen molar-refractivity contribution in [3.63, 3.8) is 0 Å². The van der Waals surface area contributed by atoms with Gasteiger partial charge in [-0.1, -0.05) is 0 Å². The van der Waals surface area contributed by atoms with E-state index in [1.165, 1.54) is 7.11 Å². The van der Waals surface area contributed by atoms with Gasteiger partial charge in [0.05, 0.1) is 6.61 Å². The van der Waals surface area contributed by atoms with Crippen LogP contribution in [0.2, 0.25) is 0 Å². The van der Waals surface area contributed by atoms with E-state index in [0.717, 1.165) is 0 Å². The normalized spacial score (nSPS) is 13.4. The minimum Gasteiger partial charge on any atom is -0.383 e. The van der Waals surface area contributed by atoms with Crippen LogP contribution < -0.4 is 16.4 Å². The molecule has 8 heteroatoms. The molecule has 1 unspecified atom stereocenters. The summed E-state index contributed by atoms with van der Waals surface area (Å²) < 4.78 is 40.3. The first-order valence-corrected chi connectivity index (χ1v) is 4.21. The molecule has 5 nitrogen and oxygen atoms in total. The molecule has 90 valence electrons. The molecular formula is C7H14F3N3O2. The number of carbonyl (C=O) groups excluding carboxylic acids is 1. The molecule has 1 atom stereocenters. The molecule has 0 bridgehead atoms. The van der Waals surface area contributed by atoms with Gasteiger partial charge in [-0.25, -0.2) is 4.79 Å². The van der Waals surface area contributed by atoms with Crippen LogP contribution in [0, 0.1) is 0 Å². The van der Waals surface area contributed by atoms with Crippen molar-refractivity contribution in [2.75, 3.05) is 26.8 Å². The Morgan fingerprint density at radius 2 is 2.07 bits per heavy atom. The van der Waals surface area contributed by atoms with Gasteiger partial charge in [0.15, 0.2) is 0 Å². The zero-order valence-corrected chi connectivity index (χ0v) is 8.23. The van der Waals surface area contributed by atoms with Crippen LogP contribution in [0.5, 0.6) is 0 Å². The van der Waals surface area contributed by atoms with Gasteiger partial charge in [0, 0.05) is 20.2 Å². The Hall–Kier alpha value is -1.02. The second-order valence-electron chi connectivity index (χ2n) is 2.78. The van der Waals surface area contributed by atoms with Gasteiger partial charge < -0.3 is 21.1 Å². The van der Waals surface area contributed by atoms with Crippen molar-refractivity contribution >= 4 is 6.03 Å². The van der Waals surface area contributed by atoms with Crippen LogP contribution >= 0.6 is 0 Å². The van der Waals surface area contributed by atoms with Crippen LogP contribution in [-0.2, 0) is 4.74 Å². The first-order valence-electron chi connectivity index (χ1n) is 4.21. The average Bonchev–Trinajstić information content (AvgIpc) is 2.13. The predicted molar refractivity (Wildman–Crippen MR) is 47.3 cm³/mol. The number of rotatable bonds is 5. The Labute approximate surface area is 85.1 Å². The molecule has 0 aromatic rings. The highest BCUT2D eigenvalue weighted by atomic mass is 19.4. The Bertz CT molecular complexity index is 198. The zero-order chi connectivity index (χ0) is 11.9. The average molecular weight is 229 g/mol. The molecular weight excluding hydrogens is 215 g/mol. The van der Waals surface area contributed by atoms with Crippen LogP contribution in [-0.4, -0.2) is 45.1 Å². The second kappa shape index (κ2) is 6.46. The van der Waals surface area contributed by atoms with Gasteiger partial charge in [-0.15, -0.1) is 0 Å². The molecule has 0 aromatic carbocycles. The number of hydrogen-bond donors (Lipinski definition) is 3. The number of carbonyl (C=O) groups is 1. The first-order chi connectivity index (χ1) is 6.88. The number of halogens is 3. The summed E-state index contributed by atoms with van der Waals surface area (Å²) >= 11 is 0. The van der Waals surface area contributed by atoms with Crippen LogP contribution in [0.15, 0.2) is 0 Å². The van der Waals surface area contributed by atoms with Gasteiger partial charge in [0.25, 0.3) is 0 Å². The SMILES string of the molecule is COCCNC(=O)NCC(N)C(F)(F)F. The lowest BCUT2D eigenvalue weighted by Crippen LogP contribution is -2.49. The van der Waals surface area contributed by atoms with E-state index in [1.807, 2.05) is 5.32 Å². The minimum atomic E-state index is -4.50. The van der Waals surface area contributed by atoms with Gasteiger partial charge in [-0.05, 0) is 0 Å². The maximum absolute atomic E-state index is 11.9. The van der Waals surface area contributed by atoms with Crippen molar-refractivity contribution in [1.29, 1.82) is 0 Å². The standard InChI is InChI=1S/C7H14F3N3O2/c1-15-3-2-12-6(14)13-4-5(11)7(8,9)10/h5H,2-4,11H2,1H3,(H2,12,13,14). The van der Waals surface area contributed by atoms with E-state index in [-0.39, 0.29) is 6.54 Å². The van der Waals surface area contributed by atoms with Crippen molar-refractivity contribution in [3.05, 3.63) is 0 Å². The van der Waals surface area contributed by atoms with Crippen molar-refractivity contribution in [2.24, 2.45) is 5.73 Å². The summed E-state index contributed by atoms with van der Waals surface area (Å²) in [6.45, 7) is -0.134. The third-order valence-electron chi connectivity index (χ3n) is 1.49. The first kappa shape index (κ1) is 14.0. The summed E-state index contributed by atoms with van der Waals surface area (Å²) in [5, 5.41) is 4.29. The molecule has 0 heterocycles. The van der Waals surface area contributed by atoms with E-state index in [9.17, 15) is 18.0 Å². The Morgan fingerprint density at radius 1 is 1.47 bits per heavy atom. The van der Waals surface area contributed by atoms with E-state index < -0.39 is 24.8 Å². The van der Waals surface area contributed by atoms with Gasteiger partial charge >= 0.3 is 12.2 Å². The fourth-order valence-electron chi connectivity index (χ4n) is 0.648. The highest BCUT2D eigenvalue weighted by molar-refractivity contribution is 5.73. The molecule has 0 spiro atoms. The van der Waals surface area contributed by atoms with E-state index in [0.29, 0.717) is 6.61 Å². The third kappa shape index (κ3) is 6.97. The van der Waals surface area contributed by atoms with Crippen molar-refractivity contribution < 1.29 is 22.7 Å². The van der Waals surface area contributed by atoms with E-state index >= 15 is 0 Å². The highest BCUT2D eigenvalue weighted by Crippen LogP contribution is 2.17. The molecule has 0 saturated carbocycles. The Morgan fingerprint density at radius 3 is 2.53 bits per heavy atom. The van der Waals surface area contributed by atoms with Crippen molar-refractivity contribution in [2.45, 2.75) is 12.2 Å². The van der Waals surface area contributed by atoms with E-state index in [4.69, 9.17) is 5.73 Å². The lowest BCUT2D eigenvalue weighted by molar-refractivity contribution is -0.146. The molecule has 0 rings (SSSR count). The molecule has 15 heavy (non-hydrogen) atoms. The molecule has 0 radical (unpaired) electrons. The molecule has 2 amide bonds. The maximum Gasteiger partial charge on any atom is 0.405 e. The van der Waals surface area contributed by atoms with Crippen molar-refractivity contribution in [1.82, 2.24) is 10.6 Å². The van der Waals surface area contributed by atoms with Crippen molar-refractivity contribution in [3.8, 4) is 0 Å². The summed E-state index contributed by atoms with van der Waals surface area (Å²) in [4.78, 5) is 10.8. The summed E-state index contributed by atoms with van der Waals surface area (Å²) in [6, 6.07) is -2.75. The molecule has 0 aromatic heterocycles. The third-order valence-corrected chi connectivity index (χ3v) is 1.49. The maximum atomic E-state index is 11.9. The summed E-state index contributed by atoms with van der Waals surface area (Å²) in [6.07, 6.45) is -4.50. The number of nitrogens with two attached hydrogens (primary N) is 1. The number of amides is 2. The molecule has 0 aliphatic rings. The molecule has 0 aliphatic heterocycles. The van der Waals surface area contributed by atoms with Gasteiger partial charge in [0.2, 0.25) is 0 Å². The highest BCUT2D eigenvalue weighted by Gasteiger charge is 2.36. The summed E-state index contributed by atoms with van der Waals surface area (Å²) in [5.74, 6) is 0. The molecule has 0 fully saturated rings. The Kier molecular flexibility index (Phi) is 6.02. The minimum absolute atomic E-state index is 0.226. The zero-order valence-electron chi connectivity index (χ0n) is 8.23. The molecule has 0 saturated heterocycles. The lowest BCUT2D eigenvalue weighted by Gasteiger charge is -2.16. The largest absolute Gasteiger partial charge is 0.405 e. The molecule has 0 aliphatic carbocycles. The van der Waals surface area contributed by atoms with E-state index in [2.05, 4.69) is 10.1 Å². The quantitative estimate of drug-likeness (QED) is 0.572. The van der Waals surface area contributed by atoms with Crippen LogP contribution in [0.25, 0.3) is 0 Å². The predicted octanol–water partition coefficient (Wildman–Crippen LogP) is -0.178. The number of methoxy groups -OCH3 is 1. The number of nitrogens with one attached hydrogen (secondary N) is 2. The van der Waals surface area contributed by atoms with Crippen LogP contribution in [0.1, 0.15) is 0 Å². The second-order valence-corrected chi connectivity index (χ2v) is 2.78. The molecule has 4 N–H and O–H groups in total. The van der Waals surface area contributed by atoms with Gasteiger partial charge in [-0.3, -0.25) is 0 Å². The fraction of sp³-hybridized carbons (Fsp3) is 0.857. The van der Waals surface area contributed by atoms with E-state index in [1.54, 1.807) is 0 Å². The lowest BCUT2D eigenvalue weighted by atomic mass is 10.3. The number of hydrogen-bond acceptors (Lipinski definition) is 3. The summed E-state index contributed by atoms with van der Waals surface area (Å²) in [7, 11) is 1.44. The monoisotopic (exact) mass is 229 g/mol. The topological polar surface area (TPSA) is 76.4 Å². The number of urea groups is 1.